The van der Waals surface area contributed by atoms with E-state index >= 15 is 0 Å². The Kier molecular flexibility index (Phi) is 3.09. The van der Waals surface area contributed by atoms with Crippen LogP contribution >= 0.6 is 0 Å². The van der Waals surface area contributed by atoms with Gasteiger partial charge in [0.2, 0.25) is 0 Å². The lowest BCUT2D eigenvalue weighted by Crippen LogP contribution is -1.91. The highest BCUT2D eigenvalue weighted by atomic mass is 16.3. The molecule has 0 aliphatic heterocycles. The monoisotopic (exact) mass is 286 g/mol. The van der Waals surface area contributed by atoms with Gasteiger partial charge in [0, 0.05) is 28.5 Å². The number of furan rings is 1. The molecule has 0 aliphatic rings. The Morgan fingerprint density at radius 1 is 0.818 bits per heavy atom. The van der Waals surface area contributed by atoms with Crippen LogP contribution in [0.2, 0.25) is 0 Å². The van der Waals surface area contributed by atoms with Gasteiger partial charge in [-0.2, -0.15) is 0 Å². The maximum Gasteiger partial charge on any atom is 0.133 e. The summed E-state index contributed by atoms with van der Waals surface area (Å²) in [4.78, 5) is 4.39. The van der Waals surface area contributed by atoms with Crippen LogP contribution in [0.1, 0.15) is 0 Å². The lowest BCUT2D eigenvalue weighted by molar-refractivity contribution is 0.616. The molecule has 3 heteroatoms. The summed E-state index contributed by atoms with van der Waals surface area (Å²) in [6.07, 6.45) is 3.51. The number of pyridine rings is 1. The molecular formula is C19H14N2O. The van der Waals surface area contributed by atoms with E-state index in [2.05, 4.69) is 28.5 Å². The van der Waals surface area contributed by atoms with Crippen molar-refractivity contribution in [2.45, 2.75) is 0 Å². The van der Waals surface area contributed by atoms with Gasteiger partial charge in [-0.15, -0.1) is 0 Å². The Labute approximate surface area is 128 Å². The zero-order valence-electron chi connectivity index (χ0n) is 11.9. The van der Waals surface area contributed by atoms with Crippen LogP contribution in [0.4, 0.5) is 11.4 Å². The van der Waals surface area contributed by atoms with Crippen molar-refractivity contribution in [1.82, 2.24) is 4.98 Å². The third-order valence-corrected chi connectivity index (χ3v) is 3.56. The number of hydrogen-bond acceptors (Lipinski definition) is 3. The summed E-state index contributed by atoms with van der Waals surface area (Å²) in [6.45, 7) is 0. The molecule has 3 nitrogen and oxygen atoms in total. The SMILES string of the molecule is c1ccc(-c2cccc(Nc3ccc4occc4c3)c2)nc1. The molecule has 0 bridgehead atoms. The van der Waals surface area contributed by atoms with Gasteiger partial charge in [-0.25, -0.2) is 0 Å². The van der Waals surface area contributed by atoms with Crippen LogP contribution in [0.5, 0.6) is 0 Å². The van der Waals surface area contributed by atoms with Crippen LogP contribution in [-0.4, -0.2) is 4.98 Å². The summed E-state index contributed by atoms with van der Waals surface area (Å²) < 4.78 is 5.36. The van der Waals surface area contributed by atoms with Crippen LogP contribution in [-0.2, 0) is 0 Å². The molecule has 0 amide bonds. The van der Waals surface area contributed by atoms with Crippen molar-refractivity contribution in [1.29, 1.82) is 0 Å². The molecule has 1 N–H and O–H groups in total. The lowest BCUT2D eigenvalue weighted by atomic mass is 10.1. The van der Waals surface area contributed by atoms with Gasteiger partial charge in [-0.1, -0.05) is 18.2 Å². The van der Waals surface area contributed by atoms with Gasteiger partial charge in [0.25, 0.3) is 0 Å². The van der Waals surface area contributed by atoms with Gasteiger partial charge >= 0.3 is 0 Å². The fraction of sp³-hybridized carbons (Fsp3) is 0. The first-order chi connectivity index (χ1) is 10.9. The molecule has 106 valence electrons. The standard InChI is InChI=1S/C19H14N2O/c1-2-10-20-18(6-1)14-4-3-5-16(12-14)21-17-7-8-19-15(13-17)9-11-22-19/h1-13,21H. The second-order valence-corrected chi connectivity index (χ2v) is 5.09. The Morgan fingerprint density at radius 3 is 2.68 bits per heavy atom. The topological polar surface area (TPSA) is 38.1 Å². The van der Waals surface area contributed by atoms with Gasteiger partial charge in [0.1, 0.15) is 5.58 Å². The molecule has 0 saturated heterocycles. The zero-order chi connectivity index (χ0) is 14.8. The van der Waals surface area contributed by atoms with Crippen LogP contribution in [0, 0.1) is 0 Å². The fourth-order valence-corrected chi connectivity index (χ4v) is 2.50. The summed E-state index contributed by atoms with van der Waals surface area (Å²) in [6, 6.07) is 22.2. The summed E-state index contributed by atoms with van der Waals surface area (Å²) >= 11 is 0. The van der Waals surface area contributed by atoms with E-state index in [1.54, 1.807) is 6.26 Å². The Hall–Kier alpha value is -3.07. The Bertz CT molecular complexity index is 913. The summed E-state index contributed by atoms with van der Waals surface area (Å²) in [7, 11) is 0. The highest BCUT2D eigenvalue weighted by Gasteiger charge is 2.02. The molecule has 22 heavy (non-hydrogen) atoms. The summed E-state index contributed by atoms with van der Waals surface area (Å²) in [5, 5.41) is 4.52. The number of fused-ring (bicyclic) bond motifs is 1. The van der Waals surface area contributed by atoms with Crippen LogP contribution in [0.15, 0.2) is 83.6 Å². The smallest absolute Gasteiger partial charge is 0.133 e. The van der Waals surface area contributed by atoms with E-state index in [1.165, 1.54) is 0 Å². The van der Waals surface area contributed by atoms with E-state index in [0.717, 1.165) is 33.6 Å². The maximum absolute atomic E-state index is 5.36. The predicted molar refractivity (Wildman–Crippen MR) is 89.2 cm³/mol. The Balaban J connectivity index is 1.65. The average molecular weight is 286 g/mol. The molecular weight excluding hydrogens is 272 g/mol. The quantitative estimate of drug-likeness (QED) is 0.559. The molecule has 4 aromatic rings. The summed E-state index contributed by atoms with van der Waals surface area (Å²) in [5.74, 6) is 0. The zero-order valence-corrected chi connectivity index (χ0v) is 11.9. The number of nitrogens with one attached hydrogen (secondary N) is 1. The van der Waals surface area contributed by atoms with E-state index in [9.17, 15) is 0 Å². The number of hydrogen-bond donors (Lipinski definition) is 1. The van der Waals surface area contributed by atoms with E-state index in [0.29, 0.717) is 0 Å². The van der Waals surface area contributed by atoms with Crippen molar-refractivity contribution in [3.63, 3.8) is 0 Å². The molecule has 0 aliphatic carbocycles. The third-order valence-electron chi connectivity index (χ3n) is 3.56. The van der Waals surface area contributed by atoms with E-state index in [-0.39, 0.29) is 0 Å². The molecule has 0 saturated carbocycles. The molecule has 0 spiro atoms. The first-order valence-electron chi connectivity index (χ1n) is 7.14. The van der Waals surface area contributed by atoms with Crippen LogP contribution < -0.4 is 5.32 Å². The van der Waals surface area contributed by atoms with Gasteiger partial charge in [-0.3, -0.25) is 4.98 Å². The van der Waals surface area contributed by atoms with E-state index < -0.39 is 0 Å². The van der Waals surface area contributed by atoms with Crippen LogP contribution in [0.3, 0.4) is 0 Å². The second-order valence-electron chi connectivity index (χ2n) is 5.09. The minimum absolute atomic E-state index is 0.896. The molecule has 2 aromatic heterocycles. The molecule has 0 radical (unpaired) electrons. The van der Waals surface area contributed by atoms with Gasteiger partial charge in [0.05, 0.1) is 12.0 Å². The molecule has 0 unspecified atom stereocenters. The minimum atomic E-state index is 0.896. The molecule has 0 atom stereocenters. The molecule has 4 rings (SSSR count). The lowest BCUT2D eigenvalue weighted by Gasteiger charge is -2.08. The van der Waals surface area contributed by atoms with Gasteiger partial charge in [-0.05, 0) is 48.5 Å². The number of rotatable bonds is 3. The van der Waals surface area contributed by atoms with Crippen molar-refractivity contribution in [3.8, 4) is 11.3 Å². The van der Waals surface area contributed by atoms with Crippen molar-refractivity contribution in [3.05, 3.63) is 79.2 Å². The maximum atomic E-state index is 5.36. The van der Waals surface area contributed by atoms with Gasteiger partial charge < -0.3 is 9.73 Å². The Morgan fingerprint density at radius 2 is 1.77 bits per heavy atom. The van der Waals surface area contributed by atoms with E-state index in [4.69, 9.17) is 4.42 Å². The first kappa shape index (κ1) is 12.7. The molecule has 2 heterocycles. The summed E-state index contributed by atoms with van der Waals surface area (Å²) in [5.41, 5.74) is 5.03. The fourth-order valence-electron chi connectivity index (χ4n) is 2.50. The molecule has 0 fully saturated rings. The second kappa shape index (κ2) is 5.37. The largest absolute Gasteiger partial charge is 0.464 e. The van der Waals surface area contributed by atoms with Crippen molar-refractivity contribution in [2.75, 3.05) is 5.32 Å². The highest BCUT2D eigenvalue weighted by Crippen LogP contribution is 2.25. The van der Waals surface area contributed by atoms with E-state index in [1.807, 2.05) is 54.7 Å². The number of benzene rings is 2. The van der Waals surface area contributed by atoms with Crippen molar-refractivity contribution >= 4 is 22.3 Å². The number of anilines is 2. The van der Waals surface area contributed by atoms with Crippen molar-refractivity contribution < 1.29 is 4.42 Å². The number of aromatic nitrogens is 1. The molecule has 2 aromatic carbocycles. The minimum Gasteiger partial charge on any atom is -0.464 e. The predicted octanol–water partition coefficient (Wildman–Crippen LogP) is 5.24. The van der Waals surface area contributed by atoms with Crippen LogP contribution in [0.25, 0.3) is 22.2 Å². The number of nitrogens with zero attached hydrogens (tertiary/aromatic N) is 1. The van der Waals surface area contributed by atoms with Crippen molar-refractivity contribution in [2.24, 2.45) is 0 Å². The van der Waals surface area contributed by atoms with Gasteiger partial charge in [0.15, 0.2) is 0 Å². The highest BCUT2D eigenvalue weighted by molar-refractivity contribution is 5.82. The normalized spacial score (nSPS) is 10.7. The third kappa shape index (κ3) is 2.44. The average Bonchev–Trinajstić information content (AvgIpc) is 3.04. The first-order valence-corrected chi connectivity index (χ1v) is 7.14.